The maximum Gasteiger partial charge on any atom is 0.327 e. The number of hydrogen-bond donors (Lipinski definition) is 0. The second-order valence-electron chi connectivity index (χ2n) is 3.90. The Morgan fingerprint density at radius 1 is 1.30 bits per heavy atom. The zero-order chi connectivity index (χ0) is 14.8. The molecule has 0 aromatic heterocycles. The van der Waals surface area contributed by atoms with E-state index in [2.05, 4.69) is 18.2 Å². The minimum atomic E-state index is -0.344. The van der Waals surface area contributed by atoms with Gasteiger partial charge in [-0.2, -0.15) is 0 Å². The molecule has 0 amide bonds. The van der Waals surface area contributed by atoms with Crippen molar-refractivity contribution in [1.82, 2.24) is 0 Å². The molecule has 0 bridgehead atoms. The predicted molar refractivity (Wildman–Crippen MR) is 83.0 cm³/mol. The molecule has 0 saturated carbocycles. The Labute approximate surface area is 120 Å². The number of allylic oxidation sites excluding steroid dienone is 4. The Kier molecular flexibility index (Phi) is 6.76. The second kappa shape index (κ2) is 8.64. The van der Waals surface area contributed by atoms with E-state index in [0.29, 0.717) is 12.3 Å². The van der Waals surface area contributed by atoms with Crippen molar-refractivity contribution in [3.05, 3.63) is 72.9 Å². The summed E-state index contributed by atoms with van der Waals surface area (Å²) in [6.07, 6.45) is 5.17. The highest BCUT2D eigenvalue weighted by Gasteiger charge is 2.08. The van der Waals surface area contributed by atoms with Crippen LogP contribution in [-0.4, -0.2) is 24.8 Å². The molecule has 20 heavy (non-hydrogen) atoms. The lowest BCUT2D eigenvalue weighted by atomic mass is 10.0. The Morgan fingerprint density at radius 3 is 2.55 bits per heavy atom. The molecule has 0 aliphatic rings. The average Bonchev–Trinajstić information content (AvgIpc) is 2.47. The maximum atomic E-state index is 11.5. The van der Waals surface area contributed by atoms with E-state index in [-0.39, 0.29) is 12.5 Å². The number of hydrogen-bond acceptors (Lipinski definition) is 3. The topological polar surface area (TPSA) is 38.7 Å². The van der Waals surface area contributed by atoms with Crippen LogP contribution >= 0.6 is 0 Å². The van der Waals surface area contributed by atoms with Gasteiger partial charge >= 0.3 is 5.97 Å². The van der Waals surface area contributed by atoms with Gasteiger partial charge in [-0.15, -0.1) is 0 Å². The Hall–Kier alpha value is -2.42. The predicted octanol–water partition coefficient (Wildman–Crippen LogP) is 3.34. The minimum absolute atomic E-state index is 0.0135. The summed E-state index contributed by atoms with van der Waals surface area (Å²) in [6, 6.07) is 9.64. The summed E-state index contributed by atoms with van der Waals surface area (Å²) in [5.41, 5.74) is 2.44. The highest BCUT2D eigenvalue weighted by molar-refractivity contribution is 6.14. The number of benzene rings is 1. The molecule has 1 rings (SSSR count). The first kappa shape index (κ1) is 15.6. The number of carbonyl (C=O) groups excluding carboxylic acids is 1. The number of ether oxygens (including phenoxy) is 1. The summed E-state index contributed by atoms with van der Waals surface area (Å²) in [7, 11) is 0. The van der Waals surface area contributed by atoms with Crippen molar-refractivity contribution in [2.45, 2.75) is 6.92 Å². The largest absolute Gasteiger partial charge is 0.465 e. The molecular formula is C17H19NO2. The van der Waals surface area contributed by atoms with E-state index in [1.165, 1.54) is 0 Å². The highest BCUT2D eigenvalue weighted by atomic mass is 16.5. The third-order valence-corrected chi connectivity index (χ3v) is 2.51. The molecular weight excluding hydrogens is 250 g/mol. The van der Waals surface area contributed by atoms with Gasteiger partial charge in [0.15, 0.2) is 0 Å². The molecule has 104 valence electrons. The van der Waals surface area contributed by atoms with Crippen LogP contribution in [0.15, 0.2) is 72.3 Å². The first-order valence-electron chi connectivity index (χ1n) is 6.44. The Morgan fingerprint density at radius 2 is 2.00 bits per heavy atom. The van der Waals surface area contributed by atoms with E-state index in [0.717, 1.165) is 11.1 Å². The summed E-state index contributed by atoms with van der Waals surface area (Å²) in [6.45, 7) is 9.56. The van der Waals surface area contributed by atoms with Gasteiger partial charge in [0.1, 0.15) is 6.54 Å². The van der Waals surface area contributed by atoms with Crippen molar-refractivity contribution in [1.29, 1.82) is 0 Å². The van der Waals surface area contributed by atoms with Gasteiger partial charge in [-0.3, -0.25) is 9.79 Å². The van der Waals surface area contributed by atoms with Crippen molar-refractivity contribution in [3.63, 3.8) is 0 Å². The van der Waals surface area contributed by atoms with E-state index in [1.807, 2.05) is 36.4 Å². The zero-order valence-electron chi connectivity index (χ0n) is 11.7. The molecule has 0 radical (unpaired) electrons. The third-order valence-electron chi connectivity index (χ3n) is 2.51. The fourth-order valence-corrected chi connectivity index (χ4v) is 1.67. The van der Waals surface area contributed by atoms with E-state index in [4.69, 9.17) is 4.74 Å². The Balaban J connectivity index is 3.11. The van der Waals surface area contributed by atoms with Crippen LogP contribution in [0.1, 0.15) is 12.5 Å². The summed E-state index contributed by atoms with van der Waals surface area (Å²) < 4.78 is 4.89. The second-order valence-corrected chi connectivity index (χ2v) is 3.90. The lowest BCUT2D eigenvalue weighted by Gasteiger charge is -2.08. The first-order chi connectivity index (χ1) is 9.72. The van der Waals surface area contributed by atoms with Gasteiger partial charge in [-0.1, -0.05) is 61.7 Å². The van der Waals surface area contributed by atoms with Gasteiger partial charge in [-0.05, 0) is 12.5 Å². The van der Waals surface area contributed by atoms with Crippen molar-refractivity contribution < 1.29 is 9.53 Å². The smallest absolute Gasteiger partial charge is 0.327 e. The number of aliphatic imine (C=N–C) groups is 1. The molecule has 0 spiro atoms. The lowest BCUT2D eigenvalue weighted by molar-refractivity contribution is -0.141. The van der Waals surface area contributed by atoms with E-state index < -0.39 is 0 Å². The minimum Gasteiger partial charge on any atom is -0.465 e. The van der Waals surface area contributed by atoms with Gasteiger partial charge in [0.2, 0.25) is 0 Å². The molecule has 0 heterocycles. The standard InChI is InChI=1S/C17H19NO2/c1-4-10-14(5-2)17(15-11-8-7-9-12-15)18-13-16(19)20-6-3/h4-5,7-12H,1-2,6,13H2,3H3/b14-10+,18-17?. The molecule has 0 N–H and O–H groups in total. The number of rotatable bonds is 7. The molecule has 0 fully saturated rings. The van der Waals surface area contributed by atoms with E-state index in [1.54, 1.807) is 19.1 Å². The average molecular weight is 269 g/mol. The molecule has 0 saturated heterocycles. The molecule has 0 aliphatic carbocycles. The highest BCUT2D eigenvalue weighted by Crippen LogP contribution is 2.11. The van der Waals surface area contributed by atoms with Gasteiger partial charge < -0.3 is 4.74 Å². The van der Waals surface area contributed by atoms with Crippen LogP contribution < -0.4 is 0 Å². The van der Waals surface area contributed by atoms with Crippen LogP contribution in [0.4, 0.5) is 0 Å². The van der Waals surface area contributed by atoms with Crippen LogP contribution in [0, 0.1) is 0 Å². The van der Waals surface area contributed by atoms with Crippen LogP contribution in [0.25, 0.3) is 0 Å². The zero-order valence-corrected chi connectivity index (χ0v) is 11.7. The quantitative estimate of drug-likeness (QED) is 0.432. The molecule has 0 unspecified atom stereocenters. The van der Waals surface area contributed by atoms with Crippen molar-refractivity contribution in [2.75, 3.05) is 13.2 Å². The normalized spacial score (nSPS) is 11.8. The molecule has 3 nitrogen and oxygen atoms in total. The molecule has 0 aliphatic heterocycles. The van der Waals surface area contributed by atoms with Crippen molar-refractivity contribution >= 4 is 11.7 Å². The van der Waals surface area contributed by atoms with Crippen molar-refractivity contribution in [2.24, 2.45) is 4.99 Å². The summed E-state index contributed by atoms with van der Waals surface area (Å²) in [4.78, 5) is 15.8. The molecule has 1 aromatic carbocycles. The fourth-order valence-electron chi connectivity index (χ4n) is 1.67. The van der Waals surface area contributed by atoms with Crippen molar-refractivity contribution in [3.8, 4) is 0 Å². The van der Waals surface area contributed by atoms with Crippen LogP contribution in [0.3, 0.4) is 0 Å². The molecule has 0 atom stereocenters. The van der Waals surface area contributed by atoms with Crippen LogP contribution in [0.2, 0.25) is 0 Å². The van der Waals surface area contributed by atoms with Gasteiger partial charge in [0.05, 0.1) is 12.3 Å². The van der Waals surface area contributed by atoms with Gasteiger partial charge in [0, 0.05) is 5.56 Å². The van der Waals surface area contributed by atoms with Gasteiger partial charge in [-0.25, -0.2) is 0 Å². The Bertz CT molecular complexity index is 527. The number of carbonyl (C=O) groups is 1. The summed E-state index contributed by atoms with van der Waals surface area (Å²) >= 11 is 0. The maximum absolute atomic E-state index is 11.5. The summed E-state index contributed by atoms with van der Waals surface area (Å²) in [5, 5.41) is 0. The molecule has 1 aromatic rings. The lowest BCUT2D eigenvalue weighted by Crippen LogP contribution is -2.12. The van der Waals surface area contributed by atoms with E-state index in [9.17, 15) is 4.79 Å². The number of esters is 1. The molecule has 3 heteroatoms. The SMILES string of the molecule is C=C/C=C(\C=C)C(=NCC(=O)OCC)c1ccccc1. The van der Waals surface area contributed by atoms with Gasteiger partial charge in [0.25, 0.3) is 0 Å². The third kappa shape index (κ3) is 4.69. The first-order valence-corrected chi connectivity index (χ1v) is 6.44. The summed E-state index contributed by atoms with van der Waals surface area (Å²) in [5.74, 6) is -0.344. The number of nitrogens with zero attached hydrogens (tertiary/aromatic N) is 1. The van der Waals surface area contributed by atoms with E-state index >= 15 is 0 Å². The van der Waals surface area contributed by atoms with Crippen LogP contribution in [0.5, 0.6) is 0 Å². The van der Waals surface area contributed by atoms with Crippen LogP contribution in [-0.2, 0) is 9.53 Å². The fraction of sp³-hybridized carbons (Fsp3) is 0.176. The monoisotopic (exact) mass is 269 g/mol.